The van der Waals surface area contributed by atoms with Crippen molar-refractivity contribution in [3.63, 3.8) is 0 Å². The highest BCUT2D eigenvalue weighted by Gasteiger charge is 2.33. The first-order valence-electron chi connectivity index (χ1n) is 8.74. The molecule has 0 atom stereocenters. The van der Waals surface area contributed by atoms with E-state index in [-0.39, 0.29) is 11.3 Å². The standard InChI is InChI=1S/C20H21F3N2O3/c1-3-25(4-2)15-11-9-14(10-12-15)19(27)28-13-18(26)24-17-8-6-5-7-16(17)20(21,22)23/h5-12H,3-4,13H2,1-2H3,(H,24,26). The predicted molar refractivity (Wildman–Crippen MR) is 100 cm³/mol. The molecule has 0 heterocycles. The lowest BCUT2D eigenvalue weighted by atomic mass is 10.1. The van der Waals surface area contributed by atoms with Crippen molar-refractivity contribution in [2.75, 3.05) is 29.9 Å². The molecule has 1 amide bonds. The molecule has 0 radical (unpaired) electrons. The van der Waals surface area contributed by atoms with Gasteiger partial charge in [-0.2, -0.15) is 13.2 Å². The van der Waals surface area contributed by atoms with Crippen LogP contribution in [0.2, 0.25) is 0 Å². The molecule has 8 heteroatoms. The first-order chi connectivity index (χ1) is 13.3. The molecule has 0 aliphatic carbocycles. The van der Waals surface area contributed by atoms with Crippen molar-refractivity contribution in [3.05, 3.63) is 59.7 Å². The Morgan fingerprint density at radius 1 is 1.00 bits per heavy atom. The number of alkyl halides is 3. The van der Waals surface area contributed by atoms with Crippen LogP contribution in [-0.4, -0.2) is 31.6 Å². The van der Waals surface area contributed by atoms with E-state index < -0.39 is 30.2 Å². The highest BCUT2D eigenvalue weighted by atomic mass is 19.4. The number of amides is 1. The number of halogens is 3. The summed E-state index contributed by atoms with van der Waals surface area (Å²) < 4.78 is 43.7. The van der Waals surface area contributed by atoms with Gasteiger partial charge in [0.15, 0.2) is 6.61 Å². The van der Waals surface area contributed by atoms with Gasteiger partial charge in [-0.05, 0) is 50.2 Å². The van der Waals surface area contributed by atoms with Crippen LogP contribution in [0.3, 0.4) is 0 Å². The fourth-order valence-electron chi connectivity index (χ4n) is 2.64. The van der Waals surface area contributed by atoms with Crippen LogP contribution in [0.1, 0.15) is 29.8 Å². The molecule has 28 heavy (non-hydrogen) atoms. The van der Waals surface area contributed by atoms with Crippen LogP contribution in [0.5, 0.6) is 0 Å². The van der Waals surface area contributed by atoms with E-state index in [9.17, 15) is 22.8 Å². The normalized spacial score (nSPS) is 11.0. The smallest absolute Gasteiger partial charge is 0.418 e. The third-order valence-corrected chi connectivity index (χ3v) is 4.07. The van der Waals surface area contributed by atoms with Crippen LogP contribution < -0.4 is 10.2 Å². The van der Waals surface area contributed by atoms with Gasteiger partial charge in [-0.3, -0.25) is 4.79 Å². The van der Waals surface area contributed by atoms with Crippen LogP contribution in [0.15, 0.2) is 48.5 Å². The third-order valence-electron chi connectivity index (χ3n) is 4.07. The predicted octanol–water partition coefficient (Wildman–Crippen LogP) is 4.35. The summed E-state index contributed by atoms with van der Waals surface area (Å²) in [7, 11) is 0. The van der Waals surface area contributed by atoms with Gasteiger partial charge in [0.2, 0.25) is 0 Å². The molecule has 2 rings (SSSR count). The minimum Gasteiger partial charge on any atom is -0.452 e. The molecule has 0 saturated carbocycles. The zero-order chi connectivity index (χ0) is 20.7. The van der Waals surface area contributed by atoms with Crippen LogP contribution in [0.25, 0.3) is 0 Å². The lowest BCUT2D eigenvalue weighted by molar-refractivity contribution is -0.137. The third kappa shape index (κ3) is 5.48. The van der Waals surface area contributed by atoms with E-state index in [0.717, 1.165) is 30.9 Å². The van der Waals surface area contributed by atoms with E-state index in [1.54, 1.807) is 24.3 Å². The Bertz CT molecular complexity index is 816. The summed E-state index contributed by atoms with van der Waals surface area (Å²) in [6.07, 6.45) is -4.60. The average Bonchev–Trinajstić information content (AvgIpc) is 2.67. The van der Waals surface area contributed by atoms with Crippen molar-refractivity contribution in [1.82, 2.24) is 0 Å². The van der Waals surface area contributed by atoms with Crippen LogP contribution >= 0.6 is 0 Å². The maximum absolute atomic E-state index is 12.9. The van der Waals surface area contributed by atoms with Crippen molar-refractivity contribution in [3.8, 4) is 0 Å². The summed E-state index contributed by atoms with van der Waals surface area (Å²) in [5.74, 6) is -1.59. The maximum Gasteiger partial charge on any atom is 0.418 e. The molecular formula is C20H21F3N2O3. The lowest BCUT2D eigenvalue weighted by Crippen LogP contribution is -2.23. The monoisotopic (exact) mass is 394 g/mol. The molecule has 0 unspecified atom stereocenters. The van der Waals surface area contributed by atoms with Crippen molar-refractivity contribution in [2.45, 2.75) is 20.0 Å². The number of anilines is 2. The molecule has 150 valence electrons. The number of rotatable bonds is 7. The van der Waals surface area contributed by atoms with Crippen LogP contribution in [-0.2, 0) is 15.7 Å². The number of nitrogens with one attached hydrogen (secondary N) is 1. The highest BCUT2D eigenvalue weighted by Crippen LogP contribution is 2.34. The number of hydrogen-bond donors (Lipinski definition) is 1. The summed E-state index contributed by atoms with van der Waals surface area (Å²) in [6, 6.07) is 11.3. The number of benzene rings is 2. The first kappa shape index (κ1) is 21.3. The summed E-state index contributed by atoms with van der Waals surface area (Å²) in [6.45, 7) is 4.98. The number of hydrogen-bond acceptors (Lipinski definition) is 4. The molecule has 0 saturated heterocycles. The molecule has 0 fully saturated rings. The van der Waals surface area contributed by atoms with E-state index in [0.29, 0.717) is 0 Å². The van der Waals surface area contributed by atoms with Crippen molar-refractivity contribution < 1.29 is 27.5 Å². The number of para-hydroxylation sites is 1. The number of nitrogens with zero attached hydrogens (tertiary/aromatic N) is 1. The zero-order valence-corrected chi connectivity index (χ0v) is 15.5. The number of ether oxygens (including phenoxy) is 1. The van der Waals surface area contributed by atoms with Crippen LogP contribution in [0.4, 0.5) is 24.5 Å². The second-order valence-electron chi connectivity index (χ2n) is 5.89. The van der Waals surface area contributed by atoms with E-state index in [2.05, 4.69) is 10.2 Å². The summed E-state index contributed by atoms with van der Waals surface area (Å²) >= 11 is 0. The fourth-order valence-corrected chi connectivity index (χ4v) is 2.64. The van der Waals surface area contributed by atoms with E-state index in [1.807, 2.05) is 13.8 Å². The molecule has 0 aromatic heterocycles. The largest absolute Gasteiger partial charge is 0.452 e. The van der Waals surface area contributed by atoms with Gasteiger partial charge in [-0.1, -0.05) is 12.1 Å². The second kappa shape index (κ2) is 9.25. The van der Waals surface area contributed by atoms with Gasteiger partial charge in [0.25, 0.3) is 5.91 Å². The number of esters is 1. The lowest BCUT2D eigenvalue weighted by Gasteiger charge is -2.20. The van der Waals surface area contributed by atoms with E-state index in [4.69, 9.17) is 4.74 Å². The van der Waals surface area contributed by atoms with Crippen LogP contribution in [0, 0.1) is 0 Å². The SMILES string of the molecule is CCN(CC)c1ccc(C(=O)OCC(=O)Nc2ccccc2C(F)(F)F)cc1. The molecule has 0 aliphatic rings. The van der Waals surface area contributed by atoms with Crippen molar-refractivity contribution in [1.29, 1.82) is 0 Å². The Kier molecular flexibility index (Phi) is 7.03. The minimum absolute atomic E-state index is 0.249. The molecule has 2 aromatic carbocycles. The Hall–Kier alpha value is -3.03. The summed E-state index contributed by atoms with van der Waals surface area (Å²) in [5.41, 5.74) is -0.163. The molecule has 5 nitrogen and oxygen atoms in total. The molecule has 1 N–H and O–H groups in total. The summed E-state index contributed by atoms with van der Waals surface area (Å²) in [4.78, 5) is 26.0. The van der Waals surface area contributed by atoms with Crippen molar-refractivity contribution >= 4 is 23.3 Å². The van der Waals surface area contributed by atoms with E-state index >= 15 is 0 Å². The molecule has 0 bridgehead atoms. The Balaban J connectivity index is 1.95. The Labute approximate surface area is 161 Å². The average molecular weight is 394 g/mol. The second-order valence-corrected chi connectivity index (χ2v) is 5.89. The van der Waals surface area contributed by atoms with Gasteiger partial charge < -0.3 is 15.0 Å². The Morgan fingerprint density at radius 2 is 1.61 bits per heavy atom. The molecule has 2 aromatic rings. The van der Waals surface area contributed by atoms with Gasteiger partial charge in [-0.25, -0.2) is 4.79 Å². The van der Waals surface area contributed by atoms with Gasteiger partial charge >= 0.3 is 12.1 Å². The fraction of sp³-hybridized carbons (Fsp3) is 0.300. The van der Waals surface area contributed by atoms with E-state index in [1.165, 1.54) is 12.1 Å². The number of carbonyl (C=O) groups excluding carboxylic acids is 2. The zero-order valence-electron chi connectivity index (χ0n) is 15.5. The number of carbonyl (C=O) groups is 2. The van der Waals surface area contributed by atoms with Crippen molar-refractivity contribution in [2.24, 2.45) is 0 Å². The highest BCUT2D eigenvalue weighted by molar-refractivity contribution is 5.96. The molecule has 0 aliphatic heterocycles. The minimum atomic E-state index is -4.60. The Morgan fingerprint density at radius 3 is 2.18 bits per heavy atom. The molecule has 0 spiro atoms. The van der Waals surface area contributed by atoms with Gasteiger partial charge in [0.1, 0.15) is 0 Å². The topological polar surface area (TPSA) is 58.6 Å². The molecular weight excluding hydrogens is 373 g/mol. The van der Waals surface area contributed by atoms with Gasteiger partial charge in [0.05, 0.1) is 16.8 Å². The summed E-state index contributed by atoms with van der Waals surface area (Å²) in [5, 5.41) is 2.12. The quantitative estimate of drug-likeness (QED) is 0.710. The maximum atomic E-state index is 12.9. The van der Waals surface area contributed by atoms with Gasteiger partial charge in [-0.15, -0.1) is 0 Å². The first-order valence-corrected chi connectivity index (χ1v) is 8.74. The van der Waals surface area contributed by atoms with Gasteiger partial charge in [0, 0.05) is 18.8 Å².